The Hall–Kier alpha value is -0.440. The van der Waals surface area contributed by atoms with Gasteiger partial charge in [-0.1, -0.05) is 5.04 Å². The Morgan fingerprint density at radius 2 is 1.75 bits per heavy atom. The number of hydrogen-bond acceptors (Lipinski definition) is 5. The molecule has 0 unspecified atom stereocenters. The molecule has 0 heterocycles. The average molecular weight is 259 g/mol. The van der Waals surface area contributed by atoms with Crippen LogP contribution in [0.1, 0.15) is 27.7 Å². The molecule has 0 aliphatic rings. The van der Waals surface area contributed by atoms with E-state index in [1.54, 1.807) is 27.7 Å². The minimum absolute atomic E-state index is 0.367. The molecular weight excluding hydrogens is 244 g/mol. The average Bonchev–Trinajstić information content (AvgIpc) is 2.13. The van der Waals surface area contributed by atoms with Crippen molar-refractivity contribution in [3.8, 4) is 0 Å². The second-order valence-electron chi connectivity index (χ2n) is 3.64. The number of carbonyl (C=O) groups excluding carboxylic acids is 1. The summed E-state index contributed by atoms with van der Waals surface area (Å²) in [4.78, 5) is 12.5. The van der Waals surface area contributed by atoms with E-state index < -0.39 is 23.2 Å². The number of rotatable bonds is 6. The Labute approximate surface area is 96.8 Å². The zero-order valence-electron chi connectivity index (χ0n) is 9.44. The van der Waals surface area contributed by atoms with E-state index in [1.807, 2.05) is 0 Å². The molecule has 0 spiro atoms. The van der Waals surface area contributed by atoms with Crippen LogP contribution in [0.2, 0.25) is 0 Å². The maximum absolute atomic E-state index is 13.2. The molecule has 0 aliphatic carbocycles. The summed E-state index contributed by atoms with van der Waals surface area (Å²) in [6.45, 7) is 6.51. The number of nitrogens with zero attached hydrogens (tertiary/aromatic N) is 1. The zero-order chi connectivity index (χ0) is 12.9. The lowest BCUT2D eigenvalue weighted by Crippen LogP contribution is -2.49. The molecular formula is C8H15F2NO4S. The molecule has 0 aromatic rings. The van der Waals surface area contributed by atoms with Crippen LogP contribution in [0.3, 0.4) is 0 Å². The van der Waals surface area contributed by atoms with Gasteiger partial charge in [-0.25, -0.2) is 5.26 Å². The van der Waals surface area contributed by atoms with Crippen molar-refractivity contribution in [1.82, 2.24) is 4.90 Å². The van der Waals surface area contributed by atoms with E-state index in [0.717, 1.165) is 4.90 Å². The summed E-state index contributed by atoms with van der Waals surface area (Å²) >= 11 is -0.547. The first kappa shape index (κ1) is 15.6. The largest absolute Gasteiger partial charge is 0.397 e. The van der Waals surface area contributed by atoms with Gasteiger partial charge < -0.3 is 4.90 Å². The monoisotopic (exact) mass is 259 g/mol. The van der Waals surface area contributed by atoms with E-state index >= 15 is 0 Å². The van der Waals surface area contributed by atoms with Gasteiger partial charge in [0.25, 0.3) is 0 Å². The van der Waals surface area contributed by atoms with Crippen molar-refractivity contribution in [2.75, 3.05) is 0 Å². The molecule has 0 saturated heterocycles. The summed E-state index contributed by atoms with van der Waals surface area (Å²) in [6, 6.07) is -0.733. The Bertz CT molecular complexity index is 230. The van der Waals surface area contributed by atoms with Crippen LogP contribution in [0, 0.1) is 0 Å². The lowest BCUT2D eigenvalue weighted by atomic mass is 10.2. The van der Waals surface area contributed by atoms with E-state index in [4.69, 9.17) is 5.26 Å². The van der Waals surface area contributed by atoms with E-state index in [9.17, 15) is 13.6 Å². The van der Waals surface area contributed by atoms with Crippen LogP contribution < -0.4 is 0 Å². The fraction of sp³-hybridized carbons (Fsp3) is 0.875. The maximum Gasteiger partial charge on any atom is 0.397 e. The molecule has 16 heavy (non-hydrogen) atoms. The van der Waals surface area contributed by atoms with Crippen LogP contribution >= 0.6 is 12.0 Å². The second-order valence-corrected chi connectivity index (χ2v) is 4.46. The Balaban J connectivity index is 4.72. The third-order valence-electron chi connectivity index (χ3n) is 1.77. The molecule has 0 saturated carbocycles. The molecule has 0 bridgehead atoms. The lowest BCUT2D eigenvalue weighted by Gasteiger charge is -2.32. The van der Waals surface area contributed by atoms with Crippen LogP contribution in [-0.4, -0.2) is 33.4 Å². The second kappa shape index (κ2) is 6.33. The Morgan fingerprint density at radius 1 is 1.31 bits per heavy atom. The van der Waals surface area contributed by atoms with Gasteiger partial charge in [0.2, 0.25) is 0 Å². The fourth-order valence-corrected chi connectivity index (χ4v) is 1.60. The molecule has 0 aromatic carbocycles. The van der Waals surface area contributed by atoms with Crippen molar-refractivity contribution in [3.05, 3.63) is 0 Å². The van der Waals surface area contributed by atoms with Crippen LogP contribution in [0.5, 0.6) is 0 Å². The first-order valence-corrected chi connectivity index (χ1v) is 5.34. The number of hydrogen-bond donors (Lipinski definition) is 1. The van der Waals surface area contributed by atoms with E-state index in [1.165, 1.54) is 0 Å². The smallest absolute Gasteiger partial charge is 0.332 e. The predicted molar refractivity (Wildman–Crippen MR) is 54.5 cm³/mol. The summed E-state index contributed by atoms with van der Waals surface area (Å²) < 4.78 is 30.1. The summed E-state index contributed by atoms with van der Waals surface area (Å²) in [6.07, 6.45) is 0. The quantitative estimate of drug-likeness (QED) is 0.450. The molecule has 1 N–H and O–H groups in total. The van der Waals surface area contributed by atoms with Crippen molar-refractivity contribution in [2.45, 2.75) is 45.0 Å². The molecule has 0 aliphatic heterocycles. The summed E-state index contributed by atoms with van der Waals surface area (Å²) in [5.74, 6) is -1.39. The highest BCUT2D eigenvalue weighted by Crippen LogP contribution is 2.33. The number of carbonyl (C=O) groups is 1. The highest BCUT2D eigenvalue weighted by atomic mass is 32.2. The van der Waals surface area contributed by atoms with Gasteiger partial charge >= 0.3 is 11.2 Å². The van der Waals surface area contributed by atoms with Crippen molar-refractivity contribution >= 4 is 17.9 Å². The fourth-order valence-electron chi connectivity index (χ4n) is 1.31. The molecule has 0 atom stereocenters. The third kappa shape index (κ3) is 4.20. The van der Waals surface area contributed by atoms with Crippen LogP contribution in [0.25, 0.3) is 0 Å². The molecule has 0 fully saturated rings. The molecule has 96 valence electrons. The zero-order valence-corrected chi connectivity index (χ0v) is 10.3. The van der Waals surface area contributed by atoms with E-state index in [2.05, 4.69) is 9.37 Å². The molecule has 0 rings (SSSR count). The standard InChI is InChI=1S/C8H15F2NO4S/c1-5(2)11(6(3)4)7(12)8(9,10)16-15-14-13/h5-6,13H,1-4H3. The van der Waals surface area contributed by atoms with Gasteiger partial charge in [-0.2, -0.15) is 8.78 Å². The Morgan fingerprint density at radius 3 is 2.06 bits per heavy atom. The van der Waals surface area contributed by atoms with Gasteiger partial charge in [-0.3, -0.25) is 4.79 Å². The lowest BCUT2D eigenvalue weighted by molar-refractivity contribution is -0.433. The summed E-state index contributed by atoms with van der Waals surface area (Å²) in [7, 11) is 0. The van der Waals surface area contributed by atoms with Crippen molar-refractivity contribution < 1.29 is 28.2 Å². The van der Waals surface area contributed by atoms with Gasteiger partial charge in [-0.15, -0.1) is 4.33 Å². The molecule has 1 amide bonds. The highest BCUT2D eigenvalue weighted by molar-refractivity contribution is 7.96. The van der Waals surface area contributed by atoms with Crippen molar-refractivity contribution in [1.29, 1.82) is 0 Å². The Kier molecular flexibility index (Phi) is 6.16. The van der Waals surface area contributed by atoms with Gasteiger partial charge in [0.1, 0.15) is 12.0 Å². The molecule has 5 nitrogen and oxygen atoms in total. The van der Waals surface area contributed by atoms with Crippen molar-refractivity contribution in [2.24, 2.45) is 0 Å². The molecule has 0 aromatic heterocycles. The first-order valence-electron chi connectivity index (χ1n) is 4.60. The van der Waals surface area contributed by atoms with Crippen LogP contribution in [0.4, 0.5) is 8.78 Å². The summed E-state index contributed by atoms with van der Waals surface area (Å²) in [5.41, 5.74) is 0. The van der Waals surface area contributed by atoms with Gasteiger partial charge in [0.05, 0.1) is 0 Å². The van der Waals surface area contributed by atoms with Gasteiger partial charge in [0.15, 0.2) is 0 Å². The van der Waals surface area contributed by atoms with Gasteiger partial charge in [-0.05, 0) is 27.7 Å². The predicted octanol–water partition coefficient (Wildman–Crippen LogP) is 2.29. The molecule has 8 heteroatoms. The van der Waals surface area contributed by atoms with Crippen molar-refractivity contribution in [3.63, 3.8) is 0 Å². The highest BCUT2D eigenvalue weighted by Gasteiger charge is 2.46. The SMILES string of the molecule is CC(C)N(C(=O)C(F)(F)SOOO)C(C)C. The molecule has 0 radical (unpaired) electrons. The first-order chi connectivity index (χ1) is 7.24. The number of amides is 1. The topological polar surface area (TPSA) is 59.0 Å². The van der Waals surface area contributed by atoms with Crippen LogP contribution in [-0.2, 0) is 14.2 Å². The maximum atomic E-state index is 13.2. The number of alkyl halides is 2. The van der Waals surface area contributed by atoms with E-state index in [-0.39, 0.29) is 12.1 Å². The number of halogens is 2. The minimum Gasteiger partial charge on any atom is -0.332 e. The minimum atomic E-state index is -3.81. The normalized spacial score (nSPS) is 12.3. The summed E-state index contributed by atoms with van der Waals surface area (Å²) in [5, 5.41) is 7.00. The third-order valence-corrected chi connectivity index (χ3v) is 2.28. The van der Waals surface area contributed by atoms with Crippen LogP contribution in [0.15, 0.2) is 0 Å². The van der Waals surface area contributed by atoms with Gasteiger partial charge in [0, 0.05) is 12.1 Å². The van der Waals surface area contributed by atoms with E-state index in [0.29, 0.717) is 0 Å².